The van der Waals surface area contributed by atoms with Crippen LogP contribution in [-0.2, 0) is 44.6 Å². The van der Waals surface area contributed by atoms with Crippen molar-refractivity contribution < 1.29 is 48.0 Å². The third-order valence-corrected chi connectivity index (χ3v) is 12.8. The number of fused-ring (bicyclic) bond motifs is 1. The largest absolute Gasteiger partial charge is 0.458 e. The number of cyclic esters (lactones) is 1. The van der Waals surface area contributed by atoms with Crippen LogP contribution in [0.15, 0.2) is 30.6 Å². The van der Waals surface area contributed by atoms with Crippen LogP contribution in [0.4, 0.5) is 4.79 Å². The zero-order valence-corrected chi connectivity index (χ0v) is 37.3. The summed E-state index contributed by atoms with van der Waals surface area (Å²) < 4.78 is 33.0. The molecule has 17 heteroatoms. The Labute approximate surface area is 354 Å². The minimum atomic E-state index is -1.38. The number of aliphatic hydroxyl groups excluding tert-OH is 1. The molecule has 0 aromatic carbocycles. The Morgan fingerprint density at radius 2 is 1.78 bits per heavy atom. The fourth-order valence-corrected chi connectivity index (χ4v) is 9.31. The number of hydrogen-bond donors (Lipinski definition) is 1. The number of Topliss-reactive ketones (excluding diaryl/α,β-unsaturated/α-hetero) is 1. The second-order valence-electron chi connectivity index (χ2n) is 17.6. The van der Waals surface area contributed by atoms with Gasteiger partial charge in [0.05, 0.1) is 41.8 Å². The third kappa shape index (κ3) is 10.3. The summed E-state index contributed by atoms with van der Waals surface area (Å²) in [4.78, 5) is 65.4. The summed E-state index contributed by atoms with van der Waals surface area (Å²) in [5.74, 6) is -2.86. The lowest BCUT2D eigenvalue weighted by atomic mass is 9.82. The van der Waals surface area contributed by atoms with E-state index >= 15 is 0 Å². The summed E-state index contributed by atoms with van der Waals surface area (Å²) in [6.07, 6.45) is 0.874. The number of likely N-dealkylation sites (N-methyl/N-ethyl adjacent to an activating group) is 1. The number of ketones is 1. The number of esters is 1. The van der Waals surface area contributed by atoms with Gasteiger partial charge in [-0.25, -0.2) is 4.79 Å². The van der Waals surface area contributed by atoms with Gasteiger partial charge < -0.3 is 38.6 Å². The standard InChI is InChI=1S/C43H67N7O10/c1-12-35-43(8)38(49(41(55)60-43)20-16-15-19-48-25-32(45-46-48)31-17-13-14-18-44-31)29(5)50(30(6)51)24-26(2)23-42(7,56-11)36(22-34(52)28(4)39(54)58-35)59-40-37(53)33(47(9)10)21-27(3)57-40/h13-14,17-18,25-29,33,35-38,40,53H,12,15-16,19-24H2,1-11H3/t26-,27?,28-,29-,33?,35-,36-,37?,38-,40+,42-,43-/m1/s1. The number of carbonyl (C=O) groups is 4. The summed E-state index contributed by atoms with van der Waals surface area (Å²) in [6.45, 7) is 15.3. The Balaban J connectivity index is 1.43. The van der Waals surface area contributed by atoms with E-state index in [1.807, 2.05) is 78.0 Å². The second-order valence-corrected chi connectivity index (χ2v) is 17.6. The third-order valence-electron chi connectivity index (χ3n) is 12.8. The lowest BCUT2D eigenvalue weighted by Crippen LogP contribution is -2.62. The quantitative estimate of drug-likeness (QED) is 0.193. The smallest absolute Gasteiger partial charge is 0.410 e. The highest BCUT2D eigenvalue weighted by atomic mass is 16.7. The lowest BCUT2D eigenvalue weighted by molar-refractivity contribution is -0.289. The molecular weight excluding hydrogens is 775 g/mol. The highest BCUT2D eigenvalue weighted by Gasteiger charge is 2.59. The summed E-state index contributed by atoms with van der Waals surface area (Å²) in [6, 6.07) is 4.02. The van der Waals surface area contributed by atoms with Crippen molar-refractivity contribution in [3.63, 3.8) is 0 Å². The number of pyridine rings is 1. The van der Waals surface area contributed by atoms with Crippen molar-refractivity contribution >= 4 is 23.8 Å². The van der Waals surface area contributed by atoms with E-state index in [1.165, 1.54) is 21.0 Å². The number of aromatic nitrogens is 4. The van der Waals surface area contributed by atoms with Gasteiger partial charge in [-0.3, -0.25) is 28.9 Å². The molecule has 0 aliphatic carbocycles. The van der Waals surface area contributed by atoms with Crippen molar-refractivity contribution in [2.75, 3.05) is 34.3 Å². The van der Waals surface area contributed by atoms with Crippen LogP contribution in [0.5, 0.6) is 0 Å². The molecular formula is C43H67N7O10. The molecule has 12 atom stereocenters. The lowest BCUT2D eigenvalue weighted by Gasteiger charge is -2.46. The number of aliphatic hydroxyl groups is 1. The number of ether oxygens (including phenoxy) is 5. The van der Waals surface area contributed by atoms with Crippen LogP contribution in [0, 0.1) is 11.8 Å². The molecule has 3 fully saturated rings. The van der Waals surface area contributed by atoms with Crippen LogP contribution < -0.4 is 0 Å². The predicted molar refractivity (Wildman–Crippen MR) is 220 cm³/mol. The Kier molecular flexibility index (Phi) is 15.5. The van der Waals surface area contributed by atoms with Crippen LogP contribution in [0.1, 0.15) is 93.9 Å². The first-order chi connectivity index (χ1) is 28.3. The molecule has 334 valence electrons. The monoisotopic (exact) mass is 841 g/mol. The molecule has 2 amide bonds. The maximum atomic E-state index is 14.1. The predicted octanol–water partition coefficient (Wildman–Crippen LogP) is 4.11. The number of amides is 2. The number of nitrogens with zero attached hydrogens (tertiary/aromatic N) is 7. The van der Waals surface area contributed by atoms with Crippen molar-refractivity contribution in [3.05, 3.63) is 30.6 Å². The molecule has 3 unspecified atom stereocenters. The average molecular weight is 842 g/mol. The van der Waals surface area contributed by atoms with E-state index in [0.717, 1.165) is 5.69 Å². The molecule has 2 aromatic rings. The Bertz CT molecular complexity index is 1780. The number of methoxy groups -OCH3 is 1. The van der Waals surface area contributed by atoms with E-state index in [4.69, 9.17) is 23.7 Å². The van der Waals surface area contributed by atoms with Gasteiger partial charge in [-0.1, -0.05) is 25.1 Å². The first kappa shape index (κ1) is 47.0. The summed E-state index contributed by atoms with van der Waals surface area (Å²) in [5, 5.41) is 19.9. The van der Waals surface area contributed by atoms with Crippen LogP contribution in [0.3, 0.4) is 0 Å². The van der Waals surface area contributed by atoms with Crippen LogP contribution >= 0.6 is 0 Å². The zero-order chi connectivity index (χ0) is 44.1. The second kappa shape index (κ2) is 19.8. The maximum Gasteiger partial charge on any atom is 0.410 e. The van der Waals surface area contributed by atoms with Gasteiger partial charge in [0.1, 0.15) is 29.6 Å². The zero-order valence-electron chi connectivity index (χ0n) is 37.3. The molecule has 2 aromatic heterocycles. The molecule has 0 saturated carbocycles. The van der Waals surface area contributed by atoms with E-state index in [1.54, 1.807) is 27.6 Å². The van der Waals surface area contributed by atoms with Crippen LogP contribution in [-0.4, -0.2) is 158 Å². The molecule has 60 heavy (non-hydrogen) atoms. The fraction of sp³-hybridized carbons (Fsp3) is 0.744. The van der Waals surface area contributed by atoms with Crippen molar-refractivity contribution in [2.45, 2.75) is 160 Å². The normalized spacial score (nSPS) is 34.8. The molecule has 5 heterocycles. The van der Waals surface area contributed by atoms with Crippen molar-refractivity contribution in [1.82, 2.24) is 34.7 Å². The van der Waals surface area contributed by atoms with E-state index in [2.05, 4.69) is 15.3 Å². The molecule has 0 radical (unpaired) electrons. The Morgan fingerprint density at radius 3 is 2.42 bits per heavy atom. The van der Waals surface area contributed by atoms with Gasteiger partial charge in [-0.2, -0.15) is 0 Å². The topological polar surface area (TPSA) is 188 Å². The van der Waals surface area contributed by atoms with E-state index in [9.17, 15) is 24.3 Å². The number of rotatable bonds is 11. The SMILES string of the molecule is CC[C@H]1OC(=O)[C@H](C)C(=O)C[C@@H](O[C@@H]2OC(C)CC(N(C)C)C2O)[C@](C)(OC)C[C@@H](C)CN(C(C)=O)[C@H](C)[C@H]2N(CCCCn3cc(-c4ccccn4)nn3)C(=O)O[C@]12C. The van der Waals surface area contributed by atoms with Crippen LogP contribution in [0.2, 0.25) is 0 Å². The minimum absolute atomic E-state index is 0.210. The number of hydrogen-bond acceptors (Lipinski definition) is 14. The van der Waals surface area contributed by atoms with Crippen LogP contribution in [0.25, 0.3) is 11.4 Å². The summed E-state index contributed by atoms with van der Waals surface area (Å²) >= 11 is 0. The molecule has 0 bridgehead atoms. The maximum absolute atomic E-state index is 14.1. The van der Waals surface area contributed by atoms with Crippen molar-refractivity contribution in [3.8, 4) is 11.4 Å². The van der Waals surface area contributed by atoms with Gasteiger partial charge in [0.15, 0.2) is 11.9 Å². The minimum Gasteiger partial charge on any atom is -0.458 e. The van der Waals surface area contributed by atoms with Crippen molar-refractivity contribution in [2.24, 2.45) is 11.8 Å². The van der Waals surface area contributed by atoms with Crippen molar-refractivity contribution in [1.29, 1.82) is 0 Å². The molecule has 3 aliphatic rings. The van der Waals surface area contributed by atoms with Gasteiger partial charge >= 0.3 is 12.1 Å². The Hall–Kier alpha value is -4.03. The fourth-order valence-electron chi connectivity index (χ4n) is 9.31. The first-order valence-corrected chi connectivity index (χ1v) is 21.4. The number of unbranched alkanes of at least 4 members (excludes halogenated alkanes) is 1. The number of aryl methyl sites for hydroxylation is 1. The molecule has 3 aliphatic heterocycles. The summed E-state index contributed by atoms with van der Waals surface area (Å²) in [7, 11) is 5.30. The van der Waals surface area contributed by atoms with E-state index in [-0.39, 0.29) is 43.4 Å². The van der Waals surface area contributed by atoms with Gasteiger partial charge in [-0.15, -0.1) is 5.10 Å². The van der Waals surface area contributed by atoms with E-state index < -0.39 is 71.7 Å². The van der Waals surface area contributed by atoms with Gasteiger partial charge in [0, 0.05) is 52.3 Å². The Morgan fingerprint density at radius 1 is 1.07 bits per heavy atom. The first-order valence-electron chi connectivity index (χ1n) is 21.4. The molecule has 0 spiro atoms. The van der Waals surface area contributed by atoms with E-state index in [0.29, 0.717) is 44.5 Å². The highest BCUT2D eigenvalue weighted by molar-refractivity contribution is 5.99. The van der Waals surface area contributed by atoms with Gasteiger partial charge in [-0.05, 0) is 98.9 Å². The number of carbonyl (C=O) groups excluding carboxylic acids is 4. The molecule has 3 saturated heterocycles. The molecule has 5 rings (SSSR count). The molecule has 17 nitrogen and oxygen atoms in total. The highest BCUT2D eigenvalue weighted by Crippen LogP contribution is 2.41. The average Bonchev–Trinajstić information content (AvgIpc) is 3.78. The van der Waals surface area contributed by atoms with Gasteiger partial charge in [0.25, 0.3) is 0 Å². The van der Waals surface area contributed by atoms with Gasteiger partial charge in [0.2, 0.25) is 5.91 Å². The molecule has 1 N–H and O–H groups in total. The summed E-state index contributed by atoms with van der Waals surface area (Å²) in [5.41, 5.74) is -1.14.